The average molecular weight is 771 g/mol. The molecule has 1 unspecified atom stereocenters. The van der Waals surface area contributed by atoms with Crippen molar-refractivity contribution in [2.24, 2.45) is 17.8 Å². The number of thiazole rings is 1. The van der Waals surface area contributed by atoms with Crippen LogP contribution in [0.25, 0.3) is 0 Å². The number of hydrogen-bond acceptors (Lipinski definition) is 10. The van der Waals surface area contributed by atoms with E-state index >= 15 is 0 Å². The number of carboxylic acids is 1. The number of nitrogens with zero attached hydrogens (tertiary/aromatic N) is 3. The summed E-state index contributed by atoms with van der Waals surface area (Å²) in [5.41, 5.74) is 6.73. The number of aliphatic carboxylic acids is 1. The number of rotatable bonds is 19. The van der Waals surface area contributed by atoms with Crippen LogP contribution >= 0.6 is 11.3 Å². The molecule has 13 nitrogen and oxygen atoms in total. The van der Waals surface area contributed by atoms with E-state index in [4.69, 9.17) is 10.5 Å². The summed E-state index contributed by atoms with van der Waals surface area (Å²) in [7, 11) is 1.95. The molecule has 0 saturated carbocycles. The molecule has 2 aromatic rings. The van der Waals surface area contributed by atoms with Crippen LogP contribution in [0.1, 0.15) is 121 Å². The number of anilines is 1. The van der Waals surface area contributed by atoms with Crippen molar-refractivity contribution in [3.8, 4) is 0 Å². The van der Waals surface area contributed by atoms with Gasteiger partial charge in [-0.3, -0.25) is 28.9 Å². The van der Waals surface area contributed by atoms with E-state index < -0.39 is 53.5 Å². The molecular formula is C40H62N6O7S. The number of likely N-dealkylation sites (tertiary alicyclic amines) is 1. The number of aromatic nitrogens is 1. The van der Waals surface area contributed by atoms with Crippen LogP contribution in [-0.2, 0) is 30.3 Å². The maximum absolute atomic E-state index is 14.5. The molecule has 3 amide bonds. The Morgan fingerprint density at radius 1 is 1.06 bits per heavy atom. The highest BCUT2D eigenvalue weighted by Crippen LogP contribution is 2.32. The second kappa shape index (κ2) is 20.0. The van der Waals surface area contributed by atoms with E-state index in [9.17, 15) is 29.1 Å². The lowest BCUT2D eigenvalue weighted by Crippen LogP contribution is -2.63. The summed E-state index contributed by atoms with van der Waals surface area (Å²) in [5, 5.41) is 17.7. The lowest BCUT2D eigenvalue weighted by Gasteiger charge is -2.43. The summed E-state index contributed by atoms with van der Waals surface area (Å²) in [4.78, 5) is 74.5. The van der Waals surface area contributed by atoms with E-state index in [1.807, 2.05) is 60.7 Å². The zero-order valence-electron chi connectivity index (χ0n) is 33.5. The third-order valence-corrected chi connectivity index (χ3v) is 11.9. The fourth-order valence-electron chi connectivity index (χ4n) is 7.09. The minimum absolute atomic E-state index is 0.0599. The fraction of sp³-hybridized carbons (Fsp3) is 0.650. The van der Waals surface area contributed by atoms with Crippen LogP contribution < -0.4 is 16.4 Å². The smallest absolute Gasteiger partial charge is 0.306 e. The number of nitrogens with one attached hydrogen (secondary N) is 2. The first-order valence-corrected chi connectivity index (χ1v) is 20.1. The number of esters is 1. The number of likely N-dealkylation sites (N-methyl/N-ethyl adjacent to an activating group) is 2. The van der Waals surface area contributed by atoms with Crippen LogP contribution in [0, 0.1) is 17.8 Å². The monoisotopic (exact) mass is 770 g/mol. The topological polar surface area (TPSA) is 184 Å². The van der Waals surface area contributed by atoms with Gasteiger partial charge in [0.2, 0.25) is 11.8 Å². The third kappa shape index (κ3) is 11.7. The Morgan fingerprint density at radius 3 is 2.28 bits per heavy atom. The predicted molar refractivity (Wildman–Crippen MR) is 211 cm³/mol. The molecule has 1 aliphatic rings. The SMILES string of the molecule is CC[C@H](C)[C@H](NC(=O)C1(C)CCCCN1C)C(=O)N(CC)[C@H](C[C@@H](OC(C)=O)c1nc(C(=O)N[C@@H](Cc2ccc(N)cc2)C[C@H](C)C(=O)O)cs1)C(C)C. The normalized spacial score (nSPS) is 19.5. The molecule has 7 atom stereocenters. The first kappa shape index (κ1) is 44.4. The van der Waals surface area contributed by atoms with Crippen molar-refractivity contribution in [3.05, 3.63) is 45.9 Å². The van der Waals surface area contributed by atoms with Gasteiger partial charge in [0.1, 0.15) is 16.7 Å². The minimum Gasteiger partial charge on any atom is -0.481 e. The largest absolute Gasteiger partial charge is 0.481 e. The van der Waals surface area contributed by atoms with E-state index in [-0.39, 0.29) is 42.2 Å². The zero-order valence-corrected chi connectivity index (χ0v) is 34.3. The molecule has 1 fully saturated rings. The number of carbonyl (C=O) groups is 5. The van der Waals surface area contributed by atoms with Gasteiger partial charge in [0.05, 0.1) is 11.5 Å². The number of hydrogen-bond donors (Lipinski definition) is 4. The Kier molecular flexibility index (Phi) is 16.5. The number of benzene rings is 1. The maximum Gasteiger partial charge on any atom is 0.306 e. The van der Waals surface area contributed by atoms with Crippen LogP contribution in [0.15, 0.2) is 29.6 Å². The van der Waals surface area contributed by atoms with Gasteiger partial charge in [-0.05, 0) is 89.1 Å². The number of carbonyl (C=O) groups excluding carboxylic acids is 4. The Hall–Kier alpha value is -4.04. The Bertz CT molecular complexity index is 1580. The standard InChI is InChI=1S/C40H62N6O7S/c1-10-25(5)34(44-39(52)40(8)18-12-13-19-45(40)9)37(49)46(11-2)32(24(3)4)22-33(53-27(7)47)36-43-31(23-54-36)35(48)42-30(20-26(6)38(50)51)21-28-14-16-29(41)17-15-28/h14-17,23-26,30,32-34H,10-13,18-22,41H2,1-9H3,(H,42,48)(H,44,52)(H,50,51)/t25-,26-,30+,32+,33+,34-,40?/m0/s1. The summed E-state index contributed by atoms with van der Waals surface area (Å²) in [6.07, 6.45) is 3.33. The second-order valence-electron chi connectivity index (χ2n) is 15.4. The lowest BCUT2D eigenvalue weighted by atomic mass is 9.86. The lowest BCUT2D eigenvalue weighted by molar-refractivity contribution is -0.150. The van der Waals surface area contributed by atoms with Crippen molar-refractivity contribution < 1.29 is 33.8 Å². The van der Waals surface area contributed by atoms with E-state index in [0.29, 0.717) is 36.5 Å². The summed E-state index contributed by atoms with van der Waals surface area (Å²) >= 11 is 1.18. The molecule has 14 heteroatoms. The van der Waals surface area contributed by atoms with E-state index in [2.05, 4.69) is 20.5 Å². The first-order valence-electron chi connectivity index (χ1n) is 19.2. The number of ether oxygens (including phenoxy) is 1. The summed E-state index contributed by atoms with van der Waals surface area (Å²) in [6, 6.07) is 5.55. The number of nitrogens with two attached hydrogens (primary N) is 1. The Labute approximate surface area is 324 Å². The molecule has 0 bridgehead atoms. The van der Waals surface area contributed by atoms with E-state index in [1.54, 1.807) is 29.3 Å². The molecule has 3 rings (SSSR count). The van der Waals surface area contributed by atoms with Gasteiger partial charge in [-0.2, -0.15) is 0 Å². The molecule has 2 heterocycles. The minimum atomic E-state index is -0.963. The van der Waals surface area contributed by atoms with Gasteiger partial charge in [-0.25, -0.2) is 4.98 Å². The molecule has 54 heavy (non-hydrogen) atoms. The molecule has 1 saturated heterocycles. The van der Waals surface area contributed by atoms with E-state index in [0.717, 1.165) is 24.9 Å². The predicted octanol–water partition coefficient (Wildman–Crippen LogP) is 5.45. The first-order chi connectivity index (χ1) is 25.4. The van der Waals surface area contributed by atoms with Crippen molar-refractivity contribution in [1.29, 1.82) is 0 Å². The summed E-state index contributed by atoms with van der Waals surface area (Å²) in [6.45, 7) is 15.9. The van der Waals surface area contributed by atoms with Crippen LogP contribution in [0.3, 0.4) is 0 Å². The molecule has 1 aromatic carbocycles. The third-order valence-electron chi connectivity index (χ3n) is 10.9. The van der Waals surface area contributed by atoms with Gasteiger partial charge in [-0.15, -0.1) is 11.3 Å². The highest BCUT2D eigenvalue weighted by Gasteiger charge is 2.43. The molecule has 300 valence electrons. The van der Waals surface area contributed by atoms with Crippen molar-refractivity contribution in [3.63, 3.8) is 0 Å². The van der Waals surface area contributed by atoms with Gasteiger partial charge in [-0.1, -0.05) is 53.2 Å². The number of piperidine rings is 1. The van der Waals surface area contributed by atoms with Crippen LogP contribution in [0.2, 0.25) is 0 Å². The van der Waals surface area contributed by atoms with Gasteiger partial charge < -0.3 is 31.1 Å². The van der Waals surface area contributed by atoms with Gasteiger partial charge in [0, 0.05) is 43.0 Å². The highest BCUT2D eigenvalue weighted by atomic mass is 32.1. The molecular weight excluding hydrogens is 709 g/mol. The number of nitrogen functional groups attached to an aromatic ring is 1. The van der Waals surface area contributed by atoms with Crippen molar-refractivity contribution in [1.82, 2.24) is 25.4 Å². The average Bonchev–Trinajstić information content (AvgIpc) is 3.62. The maximum atomic E-state index is 14.5. The number of amides is 3. The zero-order chi connectivity index (χ0) is 40.3. The van der Waals surface area contributed by atoms with Gasteiger partial charge in [0.15, 0.2) is 6.10 Å². The summed E-state index contributed by atoms with van der Waals surface area (Å²) in [5.74, 6) is -3.21. The molecule has 0 spiro atoms. The Morgan fingerprint density at radius 2 is 1.72 bits per heavy atom. The van der Waals surface area contributed by atoms with Crippen molar-refractivity contribution in [2.75, 3.05) is 25.9 Å². The van der Waals surface area contributed by atoms with Crippen LogP contribution in [0.4, 0.5) is 5.69 Å². The van der Waals surface area contributed by atoms with Crippen molar-refractivity contribution in [2.45, 2.75) is 130 Å². The second-order valence-corrected chi connectivity index (χ2v) is 16.3. The quantitative estimate of drug-likeness (QED) is 0.106. The van der Waals surface area contributed by atoms with Crippen LogP contribution in [-0.4, -0.2) is 93.4 Å². The number of carboxylic acid groups (broad SMARTS) is 1. The molecule has 5 N–H and O–H groups in total. The van der Waals surface area contributed by atoms with Gasteiger partial charge >= 0.3 is 11.9 Å². The molecule has 1 aromatic heterocycles. The Balaban J connectivity index is 1.87. The molecule has 1 aliphatic heterocycles. The molecule has 0 aliphatic carbocycles. The van der Waals surface area contributed by atoms with E-state index in [1.165, 1.54) is 18.3 Å². The van der Waals surface area contributed by atoms with Gasteiger partial charge in [0.25, 0.3) is 5.91 Å². The highest BCUT2D eigenvalue weighted by molar-refractivity contribution is 7.09. The molecule has 0 radical (unpaired) electrons. The summed E-state index contributed by atoms with van der Waals surface area (Å²) < 4.78 is 5.82. The van der Waals surface area contributed by atoms with Crippen LogP contribution in [0.5, 0.6) is 0 Å². The fourth-order valence-corrected chi connectivity index (χ4v) is 7.93. The van der Waals surface area contributed by atoms with Crippen molar-refractivity contribution >= 4 is 46.7 Å².